The lowest BCUT2D eigenvalue weighted by Crippen LogP contribution is -2.18. The number of halogens is 3. The van der Waals surface area contributed by atoms with E-state index in [1.165, 1.54) is 0 Å². The van der Waals surface area contributed by atoms with Crippen LogP contribution in [0.1, 0.15) is 28.9 Å². The first-order valence-corrected chi connectivity index (χ1v) is 7.04. The number of hydrogen-bond donors (Lipinski definition) is 1. The molecular weight excluding hydrogens is 293 g/mol. The number of nitrogens with zero attached hydrogens (tertiary/aromatic N) is 2. The van der Waals surface area contributed by atoms with E-state index >= 15 is 0 Å². The molecule has 3 rings (SSSR count). The Morgan fingerprint density at radius 1 is 1.18 bits per heavy atom. The lowest BCUT2D eigenvalue weighted by molar-refractivity contribution is -0.145. The van der Waals surface area contributed by atoms with E-state index in [2.05, 4.69) is 5.10 Å². The van der Waals surface area contributed by atoms with Gasteiger partial charge in [-0.25, -0.2) is 0 Å². The van der Waals surface area contributed by atoms with Crippen molar-refractivity contribution in [2.45, 2.75) is 25.6 Å². The van der Waals surface area contributed by atoms with Gasteiger partial charge in [0.15, 0.2) is 0 Å². The molecule has 1 aliphatic rings. The highest BCUT2D eigenvalue weighted by Crippen LogP contribution is 2.41. The molecule has 116 valence electrons. The van der Waals surface area contributed by atoms with E-state index in [0.717, 1.165) is 15.8 Å². The normalized spacial score (nSPS) is 16.3. The minimum atomic E-state index is -4.46. The Morgan fingerprint density at radius 3 is 2.55 bits per heavy atom. The molecule has 0 saturated heterocycles. The van der Waals surface area contributed by atoms with Crippen molar-refractivity contribution in [1.29, 1.82) is 0 Å². The van der Waals surface area contributed by atoms with Crippen molar-refractivity contribution in [2.75, 3.05) is 6.61 Å². The summed E-state index contributed by atoms with van der Waals surface area (Å²) >= 11 is 0. The van der Waals surface area contributed by atoms with Gasteiger partial charge in [-0.3, -0.25) is 4.68 Å². The number of fused-ring (bicyclic) bond motifs is 1. The van der Waals surface area contributed by atoms with Crippen LogP contribution in [-0.4, -0.2) is 21.5 Å². The van der Waals surface area contributed by atoms with E-state index in [4.69, 9.17) is 5.11 Å². The minimum absolute atomic E-state index is 0.152. The average molecular weight is 308 g/mol. The van der Waals surface area contributed by atoms with Crippen LogP contribution >= 0.6 is 0 Å². The van der Waals surface area contributed by atoms with Gasteiger partial charge in [0, 0.05) is 5.56 Å². The van der Waals surface area contributed by atoms with E-state index in [1.54, 1.807) is 0 Å². The van der Waals surface area contributed by atoms with Crippen molar-refractivity contribution in [1.82, 2.24) is 9.78 Å². The lowest BCUT2D eigenvalue weighted by atomic mass is 10.1. The summed E-state index contributed by atoms with van der Waals surface area (Å²) < 4.78 is 40.6. The number of benzene rings is 1. The molecule has 1 aliphatic carbocycles. The average Bonchev–Trinajstić information content (AvgIpc) is 2.99. The number of rotatable bonds is 3. The van der Waals surface area contributed by atoms with Crippen LogP contribution in [0.4, 0.5) is 13.2 Å². The molecule has 22 heavy (non-hydrogen) atoms. The number of alkyl halides is 3. The first-order chi connectivity index (χ1) is 10.5. The maximum Gasteiger partial charge on any atom is 0.433 e. The fourth-order valence-corrected chi connectivity index (χ4v) is 2.84. The Balaban J connectivity index is 2.06. The third kappa shape index (κ3) is 2.66. The Kier molecular flexibility index (Phi) is 3.78. The van der Waals surface area contributed by atoms with Gasteiger partial charge in [0.1, 0.15) is 5.69 Å². The molecule has 0 amide bonds. The van der Waals surface area contributed by atoms with Crippen molar-refractivity contribution in [3.63, 3.8) is 0 Å². The topological polar surface area (TPSA) is 38.0 Å². The SMILES string of the molecule is OCCn1nc2c(c1C(F)(F)F)CCC2=Cc1ccccc1. The second-order valence-electron chi connectivity index (χ2n) is 5.20. The Morgan fingerprint density at radius 2 is 1.91 bits per heavy atom. The summed E-state index contributed by atoms with van der Waals surface area (Å²) in [5.41, 5.74) is 1.67. The van der Waals surface area contributed by atoms with Gasteiger partial charge in [-0.05, 0) is 30.1 Å². The zero-order valence-corrected chi connectivity index (χ0v) is 11.8. The molecule has 1 N–H and O–H groups in total. The smallest absolute Gasteiger partial charge is 0.394 e. The van der Waals surface area contributed by atoms with Gasteiger partial charge < -0.3 is 5.11 Å². The molecular formula is C16H15F3N2O. The zero-order valence-electron chi connectivity index (χ0n) is 11.8. The molecule has 1 aromatic carbocycles. The molecule has 0 fully saturated rings. The maximum atomic E-state index is 13.3. The summed E-state index contributed by atoms with van der Waals surface area (Å²) in [5.74, 6) is 0. The summed E-state index contributed by atoms with van der Waals surface area (Å²) in [4.78, 5) is 0. The Bertz CT molecular complexity index is 702. The predicted molar refractivity (Wildman–Crippen MR) is 76.9 cm³/mol. The van der Waals surface area contributed by atoms with Crippen LogP contribution in [-0.2, 0) is 19.1 Å². The van der Waals surface area contributed by atoms with Crippen molar-refractivity contribution in [2.24, 2.45) is 0 Å². The fourth-order valence-electron chi connectivity index (χ4n) is 2.84. The summed E-state index contributed by atoms with van der Waals surface area (Å²) in [5, 5.41) is 13.1. The Hall–Kier alpha value is -2.08. The van der Waals surface area contributed by atoms with Gasteiger partial charge in [-0.15, -0.1) is 0 Å². The first kappa shape index (κ1) is 14.8. The third-order valence-corrected chi connectivity index (χ3v) is 3.72. The molecule has 2 aromatic rings. The highest BCUT2D eigenvalue weighted by Gasteiger charge is 2.41. The van der Waals surface area contributed by atoms with Crippen LogP contribution in [0.25, 0.3) is 11.6 Å². The predicted octanol–water partition coefficient (Wildman–Crippen LogP) is 3.38. The lowest BCUT2D eigenvalue weighted by Gasteiger charge is -2.11. The standard InChI is InChI=1S/C16H15F3N2O/c17-16(18,19)15-13-7-6-12(10-11-4-2-1-3-5-11)14(13)20-21(15)8-9-22/h1-5,10,22H,6-9H2. The largest absolute Gasteiger partial charge is 0.433 e. The van der Waals surface area contributed by atoms with Crippen LogP contribution in [0.2, 0.25) is 0 Å². The van der Waals surface area contributed by atoms with Crippen molar-refractivity contribution in [3.8, 4) is 0 Å². The summed E-state index contributed by atoms with van der Waals surface area (Å²) in [6, 6.07) is 9.46. The molecule has 6 heteroatoms. The van der Waals surface area contributed by atoms with Crippen LogP contribution in [0.3, 0.4) is 0 Å². The number of allylic oxidation sites excluding steroid dienone is 1. The number of aliphatic hydroxyl groups excluding tert-OH is 1. The summed E-state index contributed by atoms with van der Waals surface area (Å²) in [7, 11) is 0. The quantitative estimate of drug-likeness (QED) is 0.944. The van der Waals surface area contributed by atoms with E-state index in [1.807, 2.05) is 36.4 Å². The van der Waals surface area contributed by atoms with Crippen LogP contribution in [0, 0.1) is 0 Å². The van der Waals surface area contributed by atoms with Crippen LogP contribution in [0.15, 0.2) is 30.3 Å². The van der Waals surface area contributed by atoms with Crippen molar-refractivity contribution in [3.05, 3.63) is 52.8 Å². The summed E-state index contributed by atoms with van der Waals surface area (Å²) in [6.45, 7) is -0.526. The Labute approximate surface area is 125 Å². The molecule has 0 spiro atoms. The van der Waals surface area contributed by atoms with Gasteiger partial charge in [0.05, 0.1) is 18.8 Å². The third-order valence-electron chi connectivity index (χ3n) is 3.72. The number of aromatic nitrogens is 2. The van der Waals surface area contributed by atoms with Crippen LogP contribution < -0.4 is 0 Å². The zero-order chi connectivity index (χ0) is 15.7. The van der Waals surface area contributed by atoms with Gasteiger partial charge in [0.2, 0.25) is 0 Å². The maximum absolute atomic E-state index is 13.3. The molecule has 0 radical (unpaired) electrons. The highest BCUT2D eigenvalue weighted by molar-refractivity contribution is 5.84. The van der Waals surface area contributed by atoms with Crippen molar-refractivity contribution >= 4 is 11.6 Å². The van der Waals surface area contributed by atoms with Crippen molar-refractivity contribution < 1.29 is 18.3 Å². The van der Waals surface area contributed by atoms with Crippen LogP contribution in [0.5, 0.6) is 0 Å². The molecule has 1 heterocycles. The van der Waals surface area contributed by atoms with Gasteiger partial charge in [0.25, 0.3) is 0 Å². The first-order valence-electron chi connectivity index (χ1n) is 7.04. The van der Waals surface area contributed by atoms with Gasteiger partial charge in [-0.2, -0.15) is 18.3 Å². The van der Waals surface area contributed by atoms with E-state index < -0.39 is 11.9 Å². The molecule has 3 nitrogen and oxygen atoms in total. The second kappa shape index (κ2) is 5.61. The molecule has 0 bridgehead atoms. The minimum Gasteiger partial charge on any atom is -0.394 e. The fraction of sp³-hybridized carbons (Fsp3) is 0.312. The van der Waals surface area contributed by atoms with Gasteiger partial charge in [-0.1, -0.05) is 30.3 Å². The molecule has 0 saturated carbocycles. The monoisotopic (exact) mass is 308 g/mol. The van der Waals surface area contributed by atoms with Gasteiger partial charge >= 0.3 is 6.18 Å². The molecule has 0 atom stereocenters. The molecule has 0 aliphatic heterocycles. The number of hydrogen-bond acceptors (Lipinski definition) is 2. The summed E-state index contributed by atoms with van der Waals surface area (Å²) in [6.07, 6.45) is -1.70. The molecule has 0 unspecified atom stereocenters. The molecule has 1 aromatic heterocycles. The van der Waals surface area contributed by atoms with E-state index in [0.29, 0.717) is 18.5 Å². The van der Waals surface area contributed by atoms with E-state index in [9.17, 15) is 13.2 Å². The number of aliphatic hydroxyl groups is 1. The van der Waals surface area contributed by atoms with E-state index in [-0.39, 0.29) is 18.7 Å². The second-order valence-corrected chi connectivity index (χ2v) is 5.20. The highest BCUT2D eigenvalue weighted by atomic mass is 19.4.